The third-order valence-corrected chi connectivity index (χ3v) is 21.1. The highest BCUT2D eigenvalue weighted by molar-refractivity contribution is 7.48. The number of carbonyl (C=O) groups is 3. The number of rotatable bonds is 69. The highest BCUT2D eigenvalue weighted by Crippen LogP contribution is 2.47. The third kappa shape index (κ3) is 44.9. The maximum atomic E-state index is 13.5. The van der Waals surface area contributed by atoms with Crippen LogP contribution in [-0.2, 0) is 126 Å². The largest absolute Gasteiger partial charge is 0.472 e. The van der Waals surface area contributed by atoms with Crippen molar-refractivity contribution < 1.29 is 196 Å². The van der Waals surface area contributed by atoms with Gasteiger partial charge in [0.25, 0.3) is 0 Å². The van der Waals surface area contributed by atoms with Crippen LogP contribution >= 0.6 is 31.3 Å². The SMILES string of the molecule is COCCCOCC(CO)COCCCOP(=O)(O)OCC(COCCCOP(=O)(O)OCCCCCCO[C@@H]1OC(CO)[C@H](O)[C@H](O)C1NC(C)=O)(COCCCOP(=O)(O)OCCCCCCO[C@@H]1OC(CO)C(O)C(O)[C@@H]1NC(C)=O)COCCCOP(=O)(O)OCCCCO[C@@H]1OC(CO)[C@H](O)C(O)[C@@H]1NC(C)=O. The number of methoxy groups -OCH3 is 1. The molecule has 3 rings (SSSR count). The van der Waals surface area contributed by atoms with Gasteiger partial charge in [-0.25, -0.2) is 18.3 Å². The predicted molar refractivity (Wildman–Crippen MR) is 389 cm³/mol. The Hall–Kier alpha value is -2.03. The molecule has 3 heterocycles. The highest BCUT2D eigenvalue weighted by Gasteiger charge is 2.48. The number of aliphatic hydroxyl groups is 10. The normalized spacial score (nSPS) is 27.2. The van der Waals surface area contributed by atoms with Gasteiger partial charge in [0, 0.05) is 93.3 Å². The Morgan fingerprint density at radius 2 is 0.602 bits per heavy atom. The molecule has 0 saturated carbocycles. The summed E-state index contributed by atoms with van der Waals surface area (Å²) in [5, 5.41) is 108. The first-order valence-corrected chi connectivity index (χ1v) is 43.8. The van der Waals surface area contributed by atoms with E-state index in [1.807, 2.05) is 0 Å². The average molecular weight is 1730 g/mol. The van der Waals surface area contributed by atoms with Crippen LogP contribution in [0.4, 0.5) is 0 Å². The van der Waals surface area contributed by atoms with Gasteiger partial charge in [-0.3, -0.25) is 50.6 Å². The van der Waals surface area contributed by atoms with Gasteiger partial charge < -0.3 is 143 Å². The summed E-state index contributed by atoms with van der Waals surface area (Å²) >= 11 is 0. The number of hydrogen-bond donors (Lipinski definition) is 17. The van der Waals surface area contributed by atoms with E-state index in [-0.39, 0.29) is 170 Å². The lowest BCUT2D eigenvalue weighted by Gasteiger charge is -2.42. The summed E-state index contributed by atoms with van der Waals surface area (Å²) in [5.74, 6) is -1.92. The zero-order valence-corrected chi connectivity index (χ0v) is 68.4. The maximum absolute atomic E-state index is 13.5. The number of hydrogen-bond acceptors (Lipinski definition) is 37. The smallest absolute Gasteiger partial charge is 0.396 e. The van der Waals surface area contributed by atoms with Crippen LogP contribution in [0, 0.1) is 11.3 Å². The Balaban J connectivity index is 1.64. The van der Waals surface area contributed by atoms with Crippen LogP contribution in [0.2, 0.25) is 0 Å². The molecule has 3 aliphatic rings. The van der Waals surface area contributed by atoms with Crippen molar-refractivity contribution in [3.63, 3.8) is 0 Å². The lowest BCUT2D eigenvalue weighted by atomic mass is 9.92. The van der Waals surface area contributed by atoms with Crippen molar-refractivity contribution in [3.05, 3.63) is 0 Å². The fourth-order valence-electron chi connectivity index (χ4n) is 11.1. The Morgan fingerprint density at radius 3 is 0.885 bits per heavy atom. The molecule has 0 radical (unpaired) electrons. The van der Waals surface area contributed by atoms with E-state index in [1.165, 1.54) is 20.8 Å². The minimum absolute atomic E-state index is 0.0210. The van der Waals surface area contributed by atoms with E-state index >= 15 is 0 Å². The second kappa shape index (κ2) is 58.8. The summed E-state index contributed by atoms with van der Waals surface area (Å²) in [5.41, 5.74) is -1.53. The van der Waals surface area contributed by atoms with E-state index in [2.05, 4.69) is 16.0 Å². The van der Waals surface area contributed by atoms with Crippen molar-refractivity contribution in [2.75, 3.05) is 179 Å². The molecule has 3 fully saturated rings. The number of ether oxygens (including phenoxy) is 12. The number of amides is 3. The number of carbonyl (C=O) groups excluding carboxylic acids is 3. The maximum Gasteiger partial charge on any atom is 0.472 e. The fraction of sp³-hybridized carbons (Fsp3) is 0.954. The van der Waals surface area contributed by atoms with Gasteiger partial charge in [0.05, 0.1) is 118 Å². The topological polar surface area (TPSA) is 623 Å². The Morgan fingerprint density at radius 1 is 0.345 bits per heavy atom. The van der Waals surface area contributed by atoms with E-state index in [0.717, 1.165) is 0 Å². The minimum Gasteiger partial charge on any atom is -0.396 e. The highest BCUT2D eigenvalue weighted by atomic mass is 31.2. The number of nitrogens with one attached hydrogen (secondary N) is 3. The van der Waals surface area contributed by atoms with Crippen molar-refractivity contribution in [1.29, 1.82) is 0 Å². The van der Waals surface area contributed by atoms with Gasteiger partial charge in [0.15, 0.2) is 18.9 Å². The van der Waals surface area contributed by atoms with Crippen LogP contribution in [0.1, 0.15) is 117 Å². The van der Waals surface area contributed by atoms with Crippen LogP contribution < -0.4 is 16.0 Å². The van der Waals surface area contributed by atoms with Gasteiger partial charge in [-0.1, -0.05) is 25.7 Å². The van der Waals surface area contributed by atoms with Crippen molar-refractivity contribution in [3.8, 4) is 0 Å². The summed E-state index contributed by atoms with van der Waals surface area (Å²) in [7, 11) is -17.2. The molecular formula is C65H127N3O41P4. The summed E-state index contributed by atoms with van der Waals surface area (Å²) in [4.78, 5) is 77.7. The molecule has 113 heavy (non-hydrogen) atoms. The lowest BCUT2D eigenvalue weighted by molar-refractivity contribution is -0.270. The fourth-order valence-corrected chi connectivity index (χ4v) is 14.4. The van der Waals surface area contributed by atoms with Crippen LogP contribution in [0.3, 0.4) is 0 Å². The zero-order chi connectivity index (χ0) is 83.7. The standard InChI is InChI=1S/C65H127N3O41P4/c1-46(73)66-53-59(79)56(76)50(37-70)107-62(53)96-26-9-5-7-11-29-99-110(82,83)102-33-17-23-93-42-65(45-106-113(88,89)105-32-16-22-92-41-49(36-69)40-91-21-15-20-90-4,44-95-25-19-35-104-112(86,87)101-31-14-13-28-98-64-55(68-48(3)75)61(81)58(78)52(39-72)109-64)43-94-24-18-34-103-111(84,85)100-30-12-8-6-10-27-97-63-54(67-47(2)74)60(80)57(77)51(38-71)108-63/h49-64,69-72,76-81H,5-45H2,1-4H3,(H,66,73)(H,67,74)(H,68,75)(H,82,83)(H,84,85)(H,86,87)(H,88,89)/t49?,50?,51?,52?,53-,54?,55-,56?,57-,58-,59?,60+,61?,62+,63+,64+,65?/m0/s1. The van der Waals surface area contributed by atoms with E-state index in [0.29, 0.717) is 71.0 Å². The van der Waals surface area contributed by atoms with Crippen LogP contribution in [0.15, 0.2) is 0 Å². The van der Waals surface area contributed by atoms with E-state index in [9.17, 15) is 103 Å². The molecule has 44 nitrogen and oxygen atoms in total. The number of phosphoric ester groups is 4. The zero-order valence-electron chi connectivity index (χ0n) is 64.8. The van der Waals surface area contributed by atoms with Gasteiger partial charge in [-0.2, -0.15) is 0 Å². The van der Waals surface area contributed by atoms with Crippen LogP contribution in [0.25, 0.3) is 0 Å². The molecule has 3 aliphatic heterocycles. The van der Waals surface area contributed by atoms with Crippen molar-refractivity contribution in [1.82, 2.24) is 16.0 Å². The molecule has 668 valence electrons. The molecule has 0 bridgehead atoms. The molecule has 3 amide bonds. The molecule has 0 aromatic carbocycles. The van der Waals surface area contributed by atoms with Crippen molar-refractivity contribution in [2.24, 2.45) is 11.3 Å². The van der Waals surface area contributed by atoms with Crippen molar-refractivity contribution in [2.45, 2.75) is 209 Å². The van der Waals surface area contributed by atoms with E-state index in [1.54, 1.807) is 7.11 Å². The number of unbranched alkanes of at least 4 members (excludes halogenated alkanes) is 7. The van der Waals surface area contributed by atoms with Gasteiger partial charge in [0.2, 0.25) is 17.7 Å². The second-order valence-electron chi connectivity index (χ2n) is 27.0. The molecule has 0 aromatic rings. The summed E-state index contributed by atoms with van der Waals surface area (Å²) in [6, 6.07) is -3.40. The minimum atomic E-state index is -4.91. The molecular weight excluding hydrogens is 1600 g/mol. The number of phosphoric acid groups is 4. The van der Waals surface area contributed by atoms with E-state index < -0.39 is 179 Å². The Kier molecular flexibility index (Phi) is 54.8. The molecule has 0 aromatic heterocycles. The molecule has 0 aliphatic carbocycles. The van der Waals surface area contributed by atoms with Crippen LogP contribution in [0.5, 0.6) is 0 Å². The monoisotopic (exact) mass is 1730 g/mol. The number of aliphatic hydroxyl groups excluding tert-OH is 10. The van der Waals surface area contributed by atoms with E-state index in [4.69, 9.17) is 93.0 Å². The molecule has 17 N–H and O–H groups in total. The molecule has 21 atom stereocenters. The first-order chi connectivity index (χ1) is 53.8. The molecule has 0 spiro atoms. The quantitative estimate of drug-likeness (QED) is 0.0245. The Bertz CT molecular complexity index is 2640. The third-order valence-electron chi connectivity index (χ3n) is 17.1. The summed E-state index contributed by atoms with van der Waals surface area (Å²) < 4.78 is 162. The van der Waals surface area contributed by atoms with Gasteiger partial charge in [0.1, 0.15) is 73.1 Å². The first-order valence-electron chi connectivity index (χ1n) is 37.8. The Labute approximate surface area is 658 Å². The summed E-state index contributed by atoms with van der Waals surface area (Å²) in [6.45, 7) is -1.54. The molecule has 48 heteroatoms. The van der Waals surface area contributed by atoms with Crippen molar-refractivity contribution >= 4 is 49.0 Å². The second-order valence-corrected chi connectivity index (χ2v) is 32.9. The summed E-state index contributed by atoms with van der Waals surface area (Å²) in [6.07, 6.45) is -11.4. The van der Waals surface area contributed by atoms with Crippen LogP contribution in [-0.4, -0.2) is 359 Å². The molecule has 13 unspecified atom stereocenters. The predicted octanol–water partition coefficient (Wildman–Crippen LogP) is -1.42. The average Bonchev–Trinajstić information content (AvgIpc) is 0.817. The van der Waals surface area contributed by atoms with Gasteiger partial charge in [-0.05, 0) is 70.6 Å². The van der Waals surface area contributed by atoms with Gasteiger partial charge >= 0.3 is 31.3 Å². The molecule has 3 saturated heterocycles. The lowest BCUT2D eigenvalue weighted by Crippen LogP contribution is -2.64. The first kappa shape index (κ1) is 105. The van der Waals surface area contributed by atoms with Gasteiger partial charge in [-0.15, -0.1) is 0 Å².